The number of rotatable bonds is 14. The third-order valence-corrected chi connectivity index (χ3v) is 7.15. The SMILES string of the molecule is CCCCCCCCOCCCC(N(C)C)C1(c2ccc(Cl)c(Cl)c2)CCC1. The van der Waals surface area contributed by atoms with E-state index in [0.717, 1.165) is 26.1 Å². The molecule has 2 rings (SSSR count). The fourth-order valence-corrected chi connectivity index (χ4v) is 4.97. The molecule has 1 aromatic rings. The average molecular weight is 428 g/mol. The summed E-state index contributed by atoms with van der Waals surface area (Å²) >= 11 is 12.5. The van der Waals surface area contributed by atoms with Crippen LogP contribution in [0, 0.1) is 0 Å². The highest BCUT2D eigenvalue weighted by Crippen LogP contribution is 2.49. The first kappa shape index (κ1) is 24.0. The fraction of sp³-hybridized carbons (Fsp3) is 0.750. The maximum atomic E-state index is 6.33. The summed E-state index contributed by atoms with van der Waals surface area (Å²) in [5.41, 5.74) is 1.55. The van der Waals surface area contributed by atoms with Crippen LogP contribution in [0.2, 0.25) is 10.0 Å². The van der Waals surface area contributed by atoms with Gasteiger partial charge in [0.05, 0.1) is 10.0 Å². The second kappa shape index (κ2) is 12.4. The van der Waals surface area contributed by atoms with Gasteiger partial charge in [-0.2, -0.15) is 0 Å². The smallest absolute Gasteiger partial charge is 0.0595 e. The Morgan fingerprint density at radius 2 is 1.64 bits per heavy atom. The van der Waals surface area contributed by atoms with Crippen molar-refractivity contribution in [2.24, 2.45) is 0 Å². The van der Waals surface area contributed by atoms with Gasteiger partial charge in [0, 0.05) is 24.7 Å². The summed E-state index contributed by atoms with van der Waals surface area (Å²) in [5, 5.41) is 1.31. The zero-order valence-electron chi connectivity index (χ0n) is 18.1. The summed E-state index contributed by atoms with van der Waals surface area (Å²) in [6.45, 7) is 4.05. The van der Waals surface area contributed by atoms with E-state index in [1.807, 2.05) is 6.07 Å². The lowest BCUT2D eigenvalue weighted by Crippen LogP contribution is -2.52. The first-order chi connectivity index (χ1) is 13.5. The van der Waals surface area contributed by atoms with E-state index in [4.69, 9.17) is 27.9 Å². The van der Waals surface area contributed by atoms with Gasteiger partial charge >= 0.3 is 0 Å². The van der Waals surface area contributed by atoms with E-state index in [1.54, 1.807) is 0 Å². The molecule has 0 heterocycles. The summed E-state index contributed by atoms with van der Waals surface area (Å²) in [7, 11) is 4.42. The lowest BCUT2D eigenvalue weighted by Gasteiger charge is -2.51. The number of hydrogen-bond acceptors (Lipinski definition) is 2. The normalized spacial score (nSPS) is 16.9. The second-order valence-corrected chi connectivity index (χ2v) is 9.45. The molecule has 0 bridgehead atoms. The van der Waals surface area contributed by atoms with Gasteiger partial charge in [0.1, 0.15) is 0 Å². The number of likely N-dealkylation sites (N-methyl/N-ethyl adjacent to an activating group) is 1. The second-order valence-electron chi connectivity index (χ2n) is 8.64. The molecule has 1 fully saturated rings. The molecular weight excluding hydrogens is 389 g/mol. The summed E-state index contributed by atoms with van der Waals surface area (Å²) in [5.74, 6) is 0. The molecule has 4 heteroatoms. The van der Waals surface area contributed by atoms with Crippen molar-refractivity contribution in [2.45, 2.75) is 89.0 Å². The number of nitrogens with zero attached hydrogens (tertiary/aromatic N) is 1. The van der Waals surface area contributed by atoms with Crippen LogP contribution in [0.15, 0.2) is 18.2 Å². The number of halogens is 2. The predicted octanol–water partition coefficient (Wildman–Crippen LogP) is 7.50. The van der Waals surface area contributed by atoms with Gasteiger partial charge in [-0.3, -0.25) is 0 Å². The Morgan fingerprint density at radius 1 is 0.964 bits per heavy atom. The molecule has 0 aromatic heterocycles. The Morgan fingerprint density at radius 3 is 2.25 bits per heavy atom. The maximum Gasteiger partial charge on any atom is 0.0595 e. The van der Waals surface area contributed by atoms with Gasteiger partial charge in [-0.1, -0.05) is 74.7 Å². The first-order valence-electron chi connectivity index (χ1n) is 11.2. The Balaban J connectivity index is 1.79. The van der Waals surface area contributed by atoms with Crippen molar-refractivity contribution >= 4 is 23.2 Å². The number of benzene rings is 1. The van der Waals surface area contributed by atoms with Gasteiger partial charge in [-0.25, -0.2) is 0 Å². The minimum atomic E-state index is 0.205. The zero-order valence-corrected chi connectivity index (χ0v) is 19.6. The van der Waals surface area contributed by atoms with Crippen molar-refractivity contribution in [3.8, 4) is 0 Å². The summed E-state index contributed by atoms with van der Waals surface area (Å²) < 4.78 is 5.92. The Hall–Kier alpha value is -0.280. The lowest BCUT2D eigenvalue weighted by atomic mass is 9.59. The van der Waals surface area contributed by atoms with Crippen molar-refractivity contribution in [2.75, 3.05) is 27.3 Å². The van der Waals surface area contributed by atoms with Gasteiger partial charge in [-0.15, -0.1) is 0 Å². The third-order valence-electron chi connectivity index (χ3n) is 6.41. The Kier molecular flexibility index (Phi) is 10.6. The molecule has 1 aromatic carbocycles. The number of hydrogen-bond donors (Lipinski definition) is 0. The van der Waals surface area contributed by atoms with Gasteiger partial charge in [0.15, 0.2) is 0 Å². The average Bonchev–Trinajstić information content (AvgIpc) is 2.63. The topological polar surface area (TPSA) is 12.5 Å². The molecule has 1 aliphatic carbocycles. The van der Waals surface area contributed by atoms with Crippen LogP contribution in [-0.2, 0) is 10.2 Å². The molecule has 1 unspecified atom stereocenters. The van der Waals surface area contributed by atoms with E-state index in [2.05, 4.69) is 38.1 Å². The van der Waals surface area contributed by atoms with E-state index in [0.29, 0.717) is 16.1 Å². The molecule has 0 amide bonds. The summed E-state index contributed by atoms with van der Waals surface area (Å²) in [6.07, 6.45) is 13.9. The van der Waals surface area contributed by atoms with E-state index in [-0.39, 0.29) is 5.41 Å². The molecule has 0 N–H and O–H groups in total. The monoisotopic (exact) mass is 427 g/mol. The van der Waals surface area contributed by atoms with Crippen LogP contribution in [0.4, 0.5) is 0 Å². The van der Waals surface area contributed by atoms with Crippen molar-refractivity contribution in [1.29, 1.82) is 0 Å². The highest BCUT2D eigenvalue weighted by Gasteiger charge is 2.46. The largest absolute Gasteiger partial charge is 0.381 e. The molecule has 2 nitrogen and oxygen atoms in total. The van der Waals surface area contributed by atoms with Crippen LogP contribution >= 0.6 is 23.2 Å². The van der Waals surface area contributed by atoms with Crippen molar-refractivity contribution in [3.05, 3.63) is 33.8 Å². The maximum absolute atomic E-state index is 6.33. The summed E-state index contributed by atoms with van der Waals surface area (Å²) in [4.78, 5) is 2.40. The highest BCUT2D eigenvalue weighted by atomic mass is 35.5. The van der Waals surface area contributed by atoms with Crippen LogP contribution < -0.4 is 0 Å². The molecule has 0 radical (unpaired) electrons. The summed E-state index contributed by atoms with van der Waals surface area (Å²) in [6, 6.07) is 6.74. The van der Waals surface area contributed by atoms with E-state index >= 15 is 0 Å². The standard InChI is InChI=1S/C24H39Cl2NO/c1-4-5-6-7-8-9-17-28-18-10-12-23(27(2)3)24(15-11-16-24)20-13-14-21(25)22(26)19-20/h13-14,19,23H,4-12,15-18H2,1-3H3. The van der Waals surface area contributed by atoms with Crippen LogP contribution in [0.3, 0.4) is 0 Å². The quantitative estimate of drug-likeness (QED) is 0.284. The van der Waals surface area contributed by atoms with Crippen molar-refractivity contribution in [3.63, 3.8) is 0 Å². The van der Waals surface area contributed by atoms with Crippen LogP contribution in [0.5, 0.6) is 0 Å². The van der Waals surface area contributed by atoms with Gasteiger partial charge in [0.2, 0.25) is 0 Å². The minimum absolute atomic E-state index is 0.205. The van der Waals surface area contributed by atoms with Crippen molar-refractivity contribution in [1.82, 2.24) is 4.90 Å². The Bertz CT molecular complexity index is 572. The minimum Gasteiger partial charge on any atom is -0.381 e. The first-order valence-corrected chi connectivity index (χ1v) is 12.0. The highest BCUT2D eigenvalue weighted by molar-refractivity contribution is 6.42. The molecule has 0 aliphatic heterocycles. The molecule has 28 heavy (non-hydrogen) atoms. The molecule has 160 valence electrons. The van der Waals surface area contributed by atoms with Crippen LogP contribution in [0.1, 0.15) is 83.1 Å². The van der Waals surface area contributed by atoms with E-state index in [1.165, 1.54) is 63.4 Å². The van der Waals surface area contributed by atoms with Gasteiger partial charge in [-0.05, 0) is 63.9 Å². The van der Waals surface area contributed by atoms with Gasteiger partial charge < -0.3 is 9.64 Å². The van der Waals surface area contributed by atoms with Crippen molar-refractivity contribution < 1.29 is 4.74 Å². The molecule has 1 saturated carbocycles. The third kappa shape index (κ3) is 6.62. The fourth-order valence-electron chi connectivity index (χ4n) is 4.67. The van der Waals surface area contributed by atoms with Gasteiger partial charge in [0.25, 0.3) is 0 Å². The number of ether oxygens (including phenoxy) is 1. The predicted molar refractivity (Wildman–Crippen MR) is 123 cm³/mol. The van der Waals surface area contributed by atoms with Crippen LogP contribution in [0.25, 0.3) is 0 Å². The zero-order chi connectivity index (χ0) is 20.4. The lowest BCUT2D eigenvalue weighted by molar-refractivity contribution is 0.0722. The molecular formula is C24H39Cl2NO. The van der Waals surface area contributed by atoms with E-state index < -0.39 is 0 Å². The van der Waals surface area contributed by atoms with E-state index in [9.17, 15) is 0 Å². The number of unbranched alkanes of at least 4 members (excludes halogenated alkanes) is 5. The molecule has 1 aliphatic rings. The Labute approximate surface area is 182 Å². The molecule has 1 atom stereocenters. The molecule has 0 saturated heterocycles. The van der Waals surface area contributed by atoms with Crippen LogP contribution in [-0.4, -0.2) is 38.3 Å². The molecule has 0 spiro atoms.